The number of ether oxygens (including phenoxy) is 1. The van der Waals surface area contributed by atoms with Gasteiger partial charge in [0.2, 0.25) is 5.91 Å². The SMILES string of the molecule is O=C1CCCN1c1ccc(OCC(F)(F)F)cc1. The van der Waals surface area contributed by atoms with Crippen molar-refractivity contribution in [2.24, 2.45) is 0 Å². The second-order valence-corrected chi connectivity index (χ2v) is 4.05. The largest absolute Gasteiger partial charge is 0.484 e. The van der Waals surface area contributed by atoms with E-state index >= 15 is 0 Å². The fraction of sp³-hybridized carbons (Fsp3) is 0.417. The number of rotatable bonds is 3. The van der Waals surface area contributed by atoms with Crippen LogP contribution in [0.5, 0.6) is 5.75 Å². The average Bonchev–Trinajstić information content (AvgIpc) is 2.73. The Labute approximate surface area is 102 Å². The summed E-state index contributed by atoms with van der Waals surface area (Å²) in [5.41, 5.74) is 0.692. The summed E-state index contributed by atoms with van der Waals surface area (Å²) in [6.45, 7) is -0.656. The molecule has 1 aromatic carbocycles. The Balaban J connectivity index is 1.99. The number of hydrogen-bond donors (Lipinski definition) is 0. The summed E-state index contributed by atoms with van der Waals surface area (Å²) in [6.07, 6.45) is -3.01. The molecule has 6 heteroatoms. The molecule has 0 unspecified atom stereocenters. The number of carbonyl (C=O) groups is 1. The van der Waals surface area contributed by atoms with Gasteiger partial charge in [-0.3, -0.25) is 4.79 Å². The van der Waals surface area contributed by atoms with E-state index in [9.17, 15) is 18.0 Å². The number of amides is 1. The maximum Gasteiger partial charge on any atom is 0.422 e. The van der Waals surface area contributed by atoms with Gasteiger partial charge in [-0.05, 0) is 30.7 Å². The zero-order valence-corrected chi connectivity index (χ0v) is 9.54. The van der Waals surface area contributed by atoms with E-state index in [1.54, 1.807) is 17.0 Å². The second-order valence-electron chi connectivity index (χ2n) is 4.05. The number of halogens is 3. The summed E-state index contributed by atoms with van der Waals surface area (Å²) in [6, 6.07) is 6.06. The number of hydrogen-bond acceptors (Lipinski definition) is 2. The molecule has 18 heavy (non-hydrogen) atoms. The Kier molecular flexibility index (Phi) is 3.45. The smallest absolute Gasteiger partial charge is 0.422 e. The molecule has 1 aliphatic rings. The van der Waals surface area contributed by atoms with Crippen molar-refractivity contribution >= 4 is 11.6 Å². The van der Waals surface area contributed by atoms with Crippen molar-refractivity contribution in [3.63, 3.8) is 0 Å². The molecule has 1 amide bonds. The molecule has 1 fully saturated rings. The van der Waals surface area contributed by atoms with Crippen molar-refractivity contribution in [3.8, 4) is 5.75 Å². The van der Waals surface area contributed by atoms with Crippen LogP contribution >= 0.6 is 0 Å². The fourth-order valence-corrected chi connectivity index (χ4v) is 1.81. The van der Waals surface area contributed by atoms with Crippen molar-refractivity contribution in [2.75, 3.05) is 18.1 Å². The Morgan fingerprint density at radius 2 is 1.89 bits per heavy atom. The van der Waals surface area contributed by atoms with Gasteiger partial charge in [-0.25, -0.2) is 0 Å². The van der Waals surface area contributed by atoms with Crippen molar-refractivity contribution in [1.29, 1.82) is 0 Å². The van der Waals surface area contributed by atoms with E-state index < -0.39 is 12.8 Å². The molecule has 0 atom stereocenters. The molecule has 1 aromatic rings. The third-order valence-electron chi connectivity index (χ3n) is 2.62. The van der Waals surface area contributed by atoms with Gasteiger partial charge in [-0.1, -0.05) is 0 Å². The van der Waals surface area contributed by atoms with E-state index in [0.717, 1.165) is 6.42 Å². The first-order valence-electron chi connectivity index (χ1n) is 5.56. The molecule has 1 aliphatic heterocycles. The lowest BCUT2D eigenvalue weighted by atomic mass is 10.3. The minimum atomic E-state index is -4.34. The predicted molar refractivity (Wildman–Crippen MR) is 59.6 cm³/mol. The monoisotopic (exact) mass is 259 g/mol. The van der Waals surface area contributed by atoms with Crippen LogP contribution in [-0.2, 0) is 4.79 Å². The first-order chi connectivity index (χ1) is 8.46. The van der Waals surface area contributed by atoms with E-state index in [2.05, 4.69) is 4.74 Å². The highest BCUT2D eigenvalue weighted by molar-refractivity contribution is 5.95. The summed E-state index contributed by atoms with van der Waals surface area (Å²) in [7, 11) is 0. The second kappa shape index (κ2) is 4.88. The molecule has 3 nitrogen and oxygen atoms in total. The lowest BCUT2D eigenvalue weighted by molar-refractivity contribution is -0.153. The molecule has 0 radical (unpaired) electrons. The van der Waals surface area contributed by atoms with Gasteiger partial charge in [0.1, 0.15) is 5.75 Å². The third-order valence-corrected chi connectivity index (χ3v) is 2.62. The molecule has 0 aromatic heterocycles. The molecule has 0 saturated carbocycles. The summed E-state index contributed by atoms with van der Waals surface area (Å²) in [4.78, 5) is 13.1. The highest BCUT2D eigenvalue weighted by Crippen LogP contribution is 2.25. The van der Waals surface area contributed by atoms with Gasteiger partial charge < -0.3 is 9.64 Å². The van der Waals surface area contributed by atoms with Gasteiger partial charge in [0.15, 0.2) is 6.61 Å². The molecule has 0 bridgehead atoms. The highest BCUT2D eigenvalue weighted by atomic mass is 19.4. The average molecular weight is 259 g/mol. The Morgan fingerprint density at radius 1 is 1.22 bits per heavy atom. The molecule has 0 N–H and O–H groups in total. The fourth-order valence-electron chi connectivity index (χ4n) is 1.81. The maximum absolute atomic E-state index is 11.9. The van der Waals surface area contributed by atoms with E-state index in [1.807, 2.05) is 0 Å². The number of anilines is 1. The Bertz CT molecular complexity index is 428. The summed E-state index contributed by atoms with van der Waals surface area (Å²) in [5.74, 6) is 0.182. The molecular formula is C12H12F3NO2. The van der Waals surface area contributed by atoms with Crippen LogP contribution in [0.15, 0.2) is 24.3 Å². The number of carbonyl (C=O) groups excluding carboxylic acids is 1. The zero-order chi connectivity index (χ0) is 13.2. The van der Waals surface area contributed by atoms with E-state index in [4.69, 9.17) is 0 Å². The van der Waals surface area contributed by atoms with Crippen LogP contribution in [0.4, 0.5) is 18.9 Å². The molecular weight excluding hydrogens is 247 g/mol. The summed E-state index contributed by atoms with van der Waals surface area (Å²) < 4.78 is 40.4. The molecule has 0 aliphatic carbocycles. The van der Waals surface area contributed by atoms with Crippen molar-refractivity contribution in [1.82, 2.24) is 0 Å². The lowest BCUT2D eigenvalue weighted by Gasteiger charge is -2.16. The minimum Gasteiger partial charge on any atom is -0.484 e. The molecule has 98 valence electrons. The van der Waals surface area contributed by atoms with Gasteiger partial charge in [0.25, 0.3) is 0 Å². The van der Waals surface area contributed by atoms with Gasteiger partial charge >= 0.3 is 6.18 Å². The van der Waals surface area contributed by atoms with Gasteiger partial charge in [0, 0.05) is 18.7 Å². The molecule has 2 rings (SSSR count). The summed E-state index contributed by atoms with van der Waals surface area (Å²) in [5, 5.41) is 0. The van der Waals surface area contributed by atoms with Gasteiger partial charge in [-0.15, -0.1) is 0 Å². The van der Waals surface area contributed by atoms with Crippen LogP contribution in [0.3, 0.4) is 0 Å². The number of benzene rings is 1. The summed E-state index contributed by atoms with van der Waals surface area (Å²) >= 11 is 0. The minimum absolute atomic E-state index is 0.0407. The lowest BCUT2D eigenvalue weighted by Crippen LogP contribution is -2.23. The van der Waals surface area contributed by atoms with Crippen molar-refractivity contribution < 1.29 is 22.7 Å². The van der Waals surface area contributed by atoms with Crippen molar-refractivity contribution in [3.05, 3.63) is 24.3 Å². The van der Waals surface area contributed by atoms with Crippen LogP contribution in [-0.4, -0.2) is 25.2 Å². The van der Waals surface area contributed by atoms with Crippen LogP contribution in [0.1, 0.15) is 12.8 Å². The third kappa shape index (κ3) is 3.15. The van der Waals surface area contributed by atoms with Crippen LogP contribution < -0.4 is 9.64 Å². The standard InChI is InChI=1S/C12H12F3NO2/c13-12(14,15)8-18-10-5-3-9(4-6-10)16-7-1-2-11(16)17/h3-6H,1-2,7-8H2. The van der Waals surface area contributed by atoms with E-state index in [1.165, 1.54) is 12.1 Å². The zero-order valence-electron chi connectivity index (χ0n) is 9.54. The van der Waals surface area contributed by atoms with E-state index in [-0.39, 0.29) is 11.7 Å². The Morgan fingerprint density at radius 3 is 2.39 bits per heavy atom. The molecule has 0 spiro atoms. The Hall–Kier alpha value is -1.72. The van der Waals surface area contributed by atoms with E-state index in [0.29, 0.717) is 18.7 Å². The van der Waals surface area contributed by atoms with Crippen molar-refractivity contribution in [2.45, 2.75) is 19.0 Å². The normalized spacial score (nSPS) is 16.2. The molecule has 1 heterocycles. The topological polar surface area (TPSA) is 29.5 Å². The maximum atomic E-state index is 11.9. The highest BCUT2D eigenvalue weighted by Gasteiger charge is 2.28. The predicted octanol–water partition coefficient (Wildman–Crippen LogP) is 2.75. The quantitative estimate of drug-likeness (QED) is 0.835. The first-order valence-corrected chi connectivity index (χ1v) is 5.56. The van der Waals surface area contributed by atoms with Gasteiger partial charge in [-0.2, -0.15) is 13.2 Å². The number of alkyl halides is 3. The van der Waals surface area contributed by atoms with Gasteiger partial charge in [0.05, 0.1) is 0 Å². The van der Waals surface area contributed by atoms with Crippen LogP contribution in [0.25, 0.3) is 0 Å². The van der Waals surface area contributed by atoms with Crippen LogP contribution in [0, 0.1) is 0 Å². The van der Waals surface area contributed by atoms with Crippen LogP contribution in [0.2, 0.25) is 0 Å². The molecule has 1 saturated heterocycles. The number of nitrogens with zero attached hydrogens (tertiary/aromatic N) is 1. The first kappa shape index (κ1) is 12.7.